The first-order valence-corrected chi connectivity index (χ1v) is 15.2. The molecule has 5 nitrogen and oxygen atoms in total. The summed E-state index contributed by atoms with van der Waals surface area (Å²) in [7, 11) is -5.39. The van der Waals surface area contributed by atoms with E-state index in [1.54, 1.807) is 0 Å². The van der Waals surface area contributed by atoms with Gasteiger partial charge in [-0.05, 0) is 6.42 Å². The van der Waals surface area contributed by atoms with Crippen molar-refractivity contribution < 1.29 is 179 Å². The zero-order valence-electron chi connectivity index (χ0n) is 24.2. The minimum atomic E-state index is -5.39. The van der Waals surface area contributed by atoms with Gasteiger partial charge in [0.15, 0.2) is 0 Å². The molecule has 0 saturated heterocycles. The molecule has 0 aromatic carbocycles. The Morgan fingerprint density at radius 2 is 0.571 bits per heavy atom. The van der Waals surface area contributed by atoms with Crippen molar-refractivity contribution in [1.29, 1.82) is 0 Å². The predicted molar refractivity (Wildman–Crippen MR) is 131 cm³/mol. The van der Waals surface area contributed by atoms with Crippen LogP contribution in [0.4, 0.5) is 0 Å². The van der Waals surface area contributed by atoms with Gasteiger partial charge in [0.2, 0.25) is 0 Å². The van der Waals surface area contributed by atoms with Crippen LogP contribution in [-0.2, 0) is 4.57 Å². The van der Waals surface area contributed by atoms with Gasteiger partial charge in [0, 0.05) is 6.61 Å². The minimum Gasteiger partial charge on any atom is -0.822 e. The molecule has 0 aliphatic rings. The van der Waals surface area contributed by atoms with Crippen molar-refractivity contribution in [2.75, 3.05) is 6.61 Å². The molecule has 0 fully saturated rings. The summed E-state index contributed by atoms with van der Waals surface area (Å²) in [5, 5.41) is 8.74. The molecule has 9 heteroatoms. The molecule has 0 aliphatic heterocycles. The van der Waals surface area contributed by atoms with Gasteiger partial charge in [-0.1, -0.05) is 155 Å². The monoisotopic (exact) mass is 594 g/mol. The summed E-state index contributed by atoms with van der Waals surface area (Å²) in [6.07, 6.45) is 34.1. The maximum atomic E-state index is 8.74. The topological polar surface area (TPSA) is 106 Å². The Kier molecular flexibility index (Phi) is 61.6. The first-order chi connectivity index (χ1) is 15.4. The van der Waals surface area contributed by atoms with Gasteiger partial charge < -0.3 is 24.4 Å². The maximum absolute atomic E-state index is 8.74. The largest absolute Gasteiger partial charge is 1.00 e. The normalized spacial score (nSPS) is 10.4. The molecule has 0 radical (unpaired) electrons. The van der Waals surface area contributed by atoms with E-state index in [0.717, 1.165) is 6.42 Å². The van der Waals surface area contributed by atoms with Crippen LogP contribution in [0.2, 0.25) is 0 Å². The number of rotatable bonds is 24. The molecule has 1 N–H and O–H groups in total. The Hall–Kier alpha value is 4.98. The van der Waals surface area contributed by atoms with Gasteiger partial charge in [0.05, 0.1) is 0 Å². The molecular formula is C26H54K3O5P. The van der Waals surface area contributed by atoms with Crippen molar-refractivity contribution in [3.63, 3.8) is 0 Å². The molecule has 0 aliphatic carbocycles. The SMILES string of the molecule is CCCCCCCCCCCCCCCCCCCCCCCCCCO.O=P([O-])([O-])[O-].[K+].[K+].[K+]. The molecule has 0 aromatic heterocycles. The smallest absolute Gasteiger partial charge is 0.822 e. The van der Waals surface area contributed by atoms with E-state index in [0.29, 0.717) is 6.61 Å². The van der Waals surface area contributed by atoms with E-state index in [-0.39, 0.29) is 154 Å². The fraction of sp³-hybridized carbons (Fsp3) is 1.00. The van der Waals surface area contributed by atoms with Crippen LogP contribution in [0.1, 0.15) is 161 Å². The third-order valence-electron chi connectivity index (χ3n) is 6.01. The maximum Gasteiger partial charge on any atom is 1.00 e. The molecule has 0 bridgehead atoms. The second-order valence-corrected chi connectivity index (χ2v) is 10.2. The number of aliphatic hydroxyl groups is 1. The minimum absolute atomic E-state index is 0. The predicted octanol–water partition coefficient (Wildman–Crippen LogP) is -2.45. The quantitative estimate of drug-likeness (QED) is 0.0759. The van der Waals surface area contributed by atoms with Gasteiger partial charge in [0.25, 0.3) is 0 Å². The van der Waals surface area contributed by atoms with E-state index in [9.17, 15) is 0 Å². The molecule has 0 unspecified atom stereocenters. The molecule has 0 heterocycles. The fourth-order valence-corrected chi connectivity index (χ4v) is 4.07. The summed E-state index contributed by atoms with van der Waals surface area (Å²) in [4.78, 5) is 25.6. The van der Waals surface area contributed by atoms with Gasteiger partial charge in [-0.25, -0.2) is 0 Å². The number of hydrogen-bond acceptors (Lipinski definition) is 5. The first kappa shape index (κ1) is 49.6. The van der Waals surface area contributed by atoms with Crippen molar-refractivity contribution in [2.45, 2.75) is 161 Å². The second-order valence-electron chi connectivity index (χ2n) is 9.30. The summed E-state index contributed by atoms with van der Waals surface area (Å²) in [5.41, 5.74) is 0. The van der Waals surface area contributed by atoms with E-state index in [1.807, 2.05) is 0 Å². The number of phosphoric acid groups is 1. The van der Waals surface area contributed by atoms with E-state index < -0.39 is 7.82 Å². The van der Waals surface area contributed by atoms with E-state index >= 15 is 0 Å². The fourth-order valence-electron chi connectivity index (χ4n) is 4.07. The molecule has 0 rings (SSSR count). The average molecular weight is 595 g/mol. The molecule has 0 aromatic rings. The summed E-state index contributed by atoms with van der Waals surface area (Å²) in [5.74, 6) is 0. The Bertz CT molecular complexity index is 356. The van der Waals surface area contributed by atoms with Crippen LogP contribution >= 0.6 is 7.82 Å². The standard InChI is InChI=1S/C26H54O.3K.H3O4P/c1-2-3-4-5-6-7-8-9-10-11-12-13-14-15-16-17-18-19-20-21-22-23-24-25-26-27;;;;1-5(2,3)4/h27H,2-26H2,1H3;;;;(H3,1,2,3,4)/q;3*+1;/p-3. The Balaban J connectivity index is -0.000000338. The summed E-state index contributed by atoms with van der Waals surface area (Å²) in [6, 6.07) is 0. The summed E-state index contributed by atoms with van der Waals surface area (Å²) < 4.78 is 8.55. The van der Waals surface area contributed by atoms with Crippen LogP contribution in [0, 0.1) is 0 Å². The molecule has 35 heavy (non-hydrogen) atoms. The van der Waals surface area contributed by atoms with Crippen molar-refractivity contribution in [3.8, 4) is 0 Å². The van der Waals surface area contributed by atoms with E-state index in [1.165, 1.54) is 148 Å². The van der Waals surface area contributed by atoms with Crippen molar-refractivity contribution in [3.05, 3.63) is 0 Å². The number of hydrogen-bond donors (Lipinski definition) is 1. The van der Waals surface area contributed by atoms with E-state index in [4.69, 9.17) is 24.4 Å². The summed E-state index contributed by atoms with van der Waals surface area (Å²) in [6.45, 7) is 2.67. The molecule has 0 saturated carbocycles. The second kappa shape index (κ2) is 43.4. The van der Waals surface area contributed by atoms with Crippen LogP contribution < -0.4 is 169 Å². The Labute approximate surface area is 346 Å². The van der Waals surface area contributed by atoms with Crippen LogP contribution in [0.3, 0.4) is 0 Å². The molecular weight excluding hydrogens is 541 g/mol. The van der Waals surface area contributed by atoms with Crippen LogP contribution in [-0.4, -0.2) is 11.7 Å². The number of unbranched alkanes of at least 4 members (excludes halogenated alkanes) is 23. The van der Waals surface area contributed by atoms with Crippen LogP contribution in [0.25, 0.3) is 0 Å². The average Bonchev–Trinajstić information content (AvgIpc) is 2.73. The summed E-state index contributed by atoms with van der Waals surface area (Å²) >= 11 is 0. The molecule has 0 spiro atoms. The molecule has 0 atom stereocenters. The molecule has 196 valence electrons. The van der Waals surface area contributed by atoms with Gasteiger partial charge >= 0.3 is 154 Å². The van der Waals surface area contributed by atoms with Crippen LogP contribution in [0.15, 0.2) is 0 Å². The van der Waals surface area contributed by atoms with Gasteiger partial charge in [-0.3, -0.25) is 0 Å². The van der Waals surface area contributed by atoms with Crippen LogP contribution in [0.5, 0.6) is 0 Å². The van der Waals surface area contributed by atoms with Crippen molar-refractivity contribution in [1.82, 2.24) is 0 Å². The van der Waals surface area contributed by atoms with E-state index in [2.05, 4.69) is 6.92 Å². The third-order valence-corrected chi connectivity index (χ3v) is 6.01. The zero-order valence-corrected chi connectivity index (χ0v) is 34.5. The van der Waals surface area contributed by atoms with Gasteiger partial charge in [-0.15, -0.1) is 0 Å². The number of aliphatic hydroxyl groups excluding tert-OH is 1. The zero-order chi connectivity index (χ0) is 24.2. The third kappa shape index (κ3) is 63.5. The van der Waals surface area contributed by atoms with Crippen molar-refractivity contribution >= 4 is 7.82 Å². The van der Waals surface area contributed by atoms with Crippen molar-refractivity contribution in [2.24, 2.45) is 0 Å². The molecule has 0 amide bonds. The first-order valence-electron chi connectivity index (χ1n) is 13.8. The van der Waals surface area contributed by atoms with Gasteiger partial charge in [-0.2, -0.15) is 7.82 Å². The Morgan fingerprint density at radius 1 is 0.429 bits per heavy atom. The Morgan fingerprint density at radius 3 is 0.714 bits per heavy atom. The van der Waals surface area contributed by atoms with Gasteiger partial charge in [0.1, 0.15) is 0 Å².